The zero-order chi connectivity index (χ0) is 27.0. The van der Waals surface area contributed by atoms with Crippen LogP contribution in [0, 0.1) is 0 Å². The number of thiazole rings is 1. The number of ether oxygens (including phenoxy) is 3. The lowest BCUT2D eigenvalue weighted by Crippen LogP contribution is -2.58. The van der Waals surface area contributed by atoms with Gasteiger partial charge in [0.15, 0.2) is 16.6 Å². The Hall–Kier alpha value is -3.23. The second kappa shape index (κ2) is 8.38. The number of nitrogens with zero attached hydrogens (tertiary/aromatic N) is 2. The van der Waals surface area contributed by atoms with Gasteiger partial charge in [0.05, 0.1) is 34.9 Å². The second-order valence-corrected chi connectivity index (χ2v) is 11.0. The number of halogens is 4. The predicted molar refractivity (Wildman–Crippen MR) is 128 cm³/mol. The van der Waals surface area contributed by atoms with Crippen molar-refractivity contribution in [3.8, 4) is 11.5 Å². The molecule has 2 N–H and O–H groups in total. The van der Waals surface area contributed by atoms with E-state index in [2.05, 4.69) is 24.8 Å². The summed E-state index contributed by atoms with van der Waals surface area (Å²) in [5.41, 5.74) is -0.0784. The molecule has 3 aliphatic heterocycles. The SMILES string of the molecule is CC(C)(C(=O)Nc1nc2cc3c(cc2s1)OC(F)(F)O3)N1CCC(F)(F)[C@@H](c2c[nH]c(=O)c3c2COC3)C1. The minimum atomic E-state index is -3.75. The van der Waals surface area contributed by atoms with Gasteiger partial charge in [0.2, 0.25) is 5.91 Å². The van der Waals surface area contributed by atoms with E-state index in [9.17, 15) is 18.4 Å². The number of likely N-dealkylation sites (tertiary alicyclic amines) is 1. The van der Waals surface area contributed by atoms with Crippen LogP contribution in [0.25, 0.3) is 10.2 Å². The summed E-state index contributed by atoms with van der Waals surface area (Å²) in [7, 11) is 0. The molecule has 3 aliphatic rings. The van der Waals surface area contributed by atoms with E-state index < -0.39 is 36.0 Å². The number of aromatic amines is 1. The van der Waals surface area contributed by atoms with E-state index in [0.29, 0.717) is 26.9 Å². The Kier molecular flexibility index (Phi) is 5.53. The molecule has 9 nitrogen and oxygen atoms in total. The van der Waals surface area contributed by atoms with Gasteiger partial charge in [-0.05, 0) is 25.0 Å². The first-order valence-corrected chi connectivity index (χ1v) is 12.6. The third-order valence-corrected chi connectivity index (χ3v) is 8.25. The van der Waals surface area contributed by atoms with E-state index in [1.807, 2.05) is 0 Å². The van der Waals surface area contributed by atoms with Crippen LogP contribution in [0.3, 0.4) is 0 Å². The highest BCUT2D eigenvalue weighted by molar-refractivity contribution is 7.22. The number of pyridine rings is 1. The van der Waals surface area contributed by atoms with Gasteiger partial charge in [-0.15, -0.1) is 8.78 Å². The Balaban J connectivity index is 1.23. The summed E-state index contributed by atoms with van der Waals surface area (Å²) in [6, 6.07) is 2.65. The molecule has 1 amide bonds. The molecule has 1 atom stereocenters. The molecule has 0 unspecified atom stereocenters. The van der Waals surface area contributed by atoms with E-state index in [4.69, 9.17) is 4.74 Å². The molecule has 3 aromatic rings. The summed E-state index contributed by atoms with van der Waals surface area (Å²) in [6.07, 6.45) is -2.90. The lowest BCUT2D eigenvalue weighted by atomic mass is 9.82. The molecule has 38 heavy (non-hydrogen) atoms. The van der Waals surface area contributed by atoms with Crippen molar-refractivity contribution in [1.82, 2.24) is 14.9 Å². The molecule has 1 aromatic carbocycles. The standard InChI is InChI=1S/C24H22F4N4O5S/c1-22(2,20(34)31-21-30-15-5-16-17(6-18(15)38-21)37-24(27,28)36-16)32-4-3-23(25,26)14(8-32)11-7-29-19(33)13-10-35-9-12(11)13/h5-7,14H,3-4,8-10H2,1-2H3,(H,29,33)(H,30,31,34)/t14-/m1/s1. The van der Waals surface area contributed by atoms with E-state index in [-0.39, 0.29) is 48.5 Å². The van der Waals surface area contributed by atoms with Gasteiger partial charge >= 0.3 is 6.29 Å². The van der Waals surface area contributed by atoms with Gasteiger partial charge in [-0.2, -0.15) is 0 Å². The Morgan fingerprint density at radius 3 is 2.66 bits per heavy atom. The quantitative estimate of drug-likeness (QED) is 0.467. The molecular formula is C24H22F4N4O5S. The Bertz CT molecular complexity index is 1480. The van der Waals surface area contributed by atoms with Crippen LogP contribution in [0.1, 0.15) is 42.9 Å². The number of nitrogens with one attached hydrogen (secondary N) is 2. The van der Waals surface area contributed by atoms with Crippen molar-refractivity contribution in [3.05, 3.63) is 45.4 Å². The number of rotatable bonds is 4. The lowest BCUT2D eigenvalue weighted by molar-refractivity contribution is -0.286. The molecule has 0 bridgehead atoms. The van der Waals surface area contributed by atoms with Crippen LogP contribution in [-0.4, -0.2) is 51.6 Å². The highest BCUT2D eigenvalue weighted by Crippen LogP contribution is 2.46. The molecule has 0 aliphatic carbocycles. The van der Waals surface area contributed by atoms with Crippen LogP contribution >= 0.6 is 11.3 Å². The number of benzene rings is 1. The van der Waals surface area contributed by atoms with Crippen molar-refractivity contribution < 1.29 is 36.6 Å². The van der Waals surface area contributed by atoms with Gasteiger partial charge in [-0.3, -0.25) is 14.5 Å². The first-order chi connectivity index (χ1) is 17.8. The minimum absolute atomic E-state index is 0.0264. The van der Waals surface area contributed by atoms with Crippen LogP contribution < -0.4 is 20.3 Å². The molecule has 6 rings (SSSR count). The first kappa shape index (κ1) is 25.1. The average Bonchev–Trinajstić information content (AvgIpc) is 3.53. The number of fused-ring (bicyclic) bond motifs is 3. The lowest BCUT2D eigenvalue weighted by Gasteiger charge is -2.45. The predicted octanol–water partition coefficient (Wildman–Crippen LogP) is 4.18. The smallest absolute Gasteiger partial charge is 0.395 e. The summed E-state index contributed by atoms with van der Waals surface area (Å²) in [5, 5.41) is 2.94. The van der Waals surface area contributed by atoms with Crippen molar-refractivity contribution >= 4 is 32.6 Å². The second-order valence-electron chi connectivity index (χ2n) is 10.00. The Morgan fingerprint density at radius 1 is 1.18 bits per heavy atom. The van der Waals surface area contributed by atoms with Gasteiger partial charge in [-0.25, -0.2) is 13.8 Å². The van der Waals surface area contributed by atoms with Gasteiger partial charge in [0, 0.05) is 43.4 Å². The minimum Gasteiger partial charge on any atom is -0.395 e. The monoisotopic (exact) mass is 554 g/mol. The fourth-order valence-electron chi connectivity index (χ4n) is 5.07. The topological polar surface area (TPSA) is 106 Å². The van der Waals surface area contributed by atoms with Gasteiger partial charge in [-0.1, -0.05) is 11.3 Å². The molecule has 0 spiro atoms. The molecule has 202 valence electrons. The van der Waals surface area contributed by atoms with Gasteiger partial charge in [0.25, 0.3) is 11.5 Å². The maximum absolute atomic E-state index is 15.2. The molecular weight excluding hydrogens is 532 g/mol. The maximum atomic E-state index is 15.2. The highest BCUT2D eigenvalue weighted by Gasteiger charge is 2.50. The molecule has 1 fully saturated rings. The summed E-state index contributed by atoms with van der Waals surface area (Å²) in [5.74, 6) is -5.07. The van der Waals surface area contributed by atoms with E-state index in [1.165, 1.54) is 18.3 Å². The number of anilines is 1. The van der Waals surface area contributed by atoms with Crippen LogP contribution in [0.5, 0.6) is 11.5 Å². The van der Waals surface area contributed by atoms with Crippen LogP contribution in [0.2, 0.25) is 0 Å². The summed E-state index contributed by atoms with van der Waals surface area (Å²) in [6.45, 7) is 3.27. The Labute approximate surface area is 216 Å². The maximum Gasteiger partial charge on any atom is 0.586 e. The number of piperidine rings is 1. The van der Waals surface area contributed by atoms with Crippen LogP contribution in [0.4, 0.5) is 22.7 Å². The summed E-state index contributed by atoms with van der Waals surface area (Å²) < 4.78 is 71.7. The molecule has 0 saturated carbocycles. The number of carbonyl (C=O) groups is 1. The molecule has 1 saturated heterocycles. The third-order valence-electron chi connectivity index (χ3n) is 7.32. The van der Waals surface area contributed by atoms with Crippen molar-refractivity contribution in [2.45, 2.75) is 57.2 Å². The normalized spacial score (nSPS) is 22.0. The van der Waals surface area contributed by atoms with E-state index in [0.717, 1.165) is 11.3 Å². The number of H-pyrrole nitrogens is 1. The molecule has 0 radical (unpaired) electrons. The van der Waals surface area contributed by atoms with E-state index >= 15 is 8.78 Å². The molecule has 14 heteroatoms. The van der Waals surface area contributed by atoms with Crippen LogP contribution in [-0.2, 0) is 22.7 Å². The van der Waals surface area contributed by atoms with Gasteiger partial charge < -0.3 is 24.5 Å². The first-order valence-electron chi connectivity index (χ1n) is 11.8. The van der Waals surface area contributed by atoms with E-state index in [1.54, 1.807) is 18.7 Å². The summed E-state index contributed by atoms with van der Waals surface area (Å²) in [4.78, 5) is 34.0. The number of alkyl halides is 4. The average molecular weight is 555 g/mol. The zero-order valence-electron chi connectivity index (χ0n) is 20.2. The highest BCUT2D eigenvalue weighted by atomic mass is 32.1. The number of aromatic nitrogens is 2. The van der Waals surface area contributed by atoms with Crippen molar-refractivity contribution in [2.24, 2.45) is 0 Å². The number of carbonyl (C=O) groups excluding carboxylic acids is 1. The largest absolute Gasteiger partial charge is 0.586 e. The van der Waals surface area contributed by atoms with Crippen molar-refractivity contribution in [2.75, 3.05) is 18.4 Å². The van der Waals surface area contributed by atoms with Gasteiger partial charge in [0.1, 0.15) is 0 Å². The number of hydrogen-bond donors (Lipinski definition) is 2. The third kappa shape index (κ3) is 4.10. The zero-order valence-corrected chi connectivity index (χ0v) is 21.0. The fraction of sp³-hybridized carbons (Fsp3) is 0.458. The number of amides is 1. The van der Waals surface area contributed by atoms with Crippen molar-refractivity contribution in [3.63, 3.8) is 0 Å². The van der Waals surface area contributed by atoms with Crippen molar-refractivity contribution in [1.29, 1.82) is 0 Å². The summed E-state index contributed by atoms with van der Waals surface area (Å²) >= 11 is 1.06. The molecule has 2 aromatic heterocycles. The van der Waals surface area contributed by atoms with Crippen LogP contribution in [0.15, 0.2) is 23.1 Å². The number of hydrogen-bond acceptors (Lipinski definition) is 8. The Morgan fingerprint density at radius 2 is 1.89 bits per heavy atom. The fourth-order valence-corrected chi connectivity index (χ4v) is 5.95. The molecule has 5 heterocycles.